The lowest BCUT2D eigenvalue weighted by Gasteiger charge is -2.05. The van der Waals surface area contributed by atoms with Gasteiger partial charge in [0.15, 0.2) is 13.6 Å². The van der Waals surface area contributed by atoms with Crippen molar-refractivity contribution in [3.05, 3.63) is 42.5 Å². The van der Waals surface area contributed by atoms with Gasteiger partial charge in [0.1, 0.15) is 0 Å². The Balaban J connectivity index is 2.64. The molecule has 0 aromatic heterocycles. The maximum absolute atomic E-state index is 11.8. The lowest BCUT2D eigenvalue weighted by atomic mass is 10.4. The third kappa shape index (κ3) is 5.77. The Bertz CT molecular complexity index is 475. The van der Waals surface area contributed by atoms with E-state index in [2.05, 4.69) is 0 Å². The molecule has 0 unspecified atom stereocenters. The maximum atomic E-state index is 11.8. The molecule has 1 aromatic carbocycles. The summed E-state index contributed by atoms with van der Waals surface area (Å²) >= 11 is 16.6. The van der Waals surface area contributed by atoms with Crippen LogP contribution in [0.1, 0.15) is 6.42 Å². The summed E-state index contributed by atoms with van der Waals surface area (Å²) in [4.78, 5) is 0.290. The predicted molar refractivity (Wildman–Crippen MR) is 72.5 cm³/mol. The standard InChI is InChI=1S/C11H11Cl3O2S/c12-11(13,14)8-4-5-9-17(15,16)10-6-2-1-3-7-10/h1-7H,8-9H2. The molecule has 0 bridgehead atoms. The number of alkyl halides is 3. The first-order valence-electron chi connectivity index (χ1n) is 4.81. The van der Waals surface area contributed by atoms with Gasteiger partial charge in [0.25, 0.3) is 0 Å². The van der Waals surface area contributed by atoms with E-state index in [-0.39, 0.29) is 12.2 Å². The molecule has 1 aromatic rings. The molecule has 0 amide bonds. The van der Waals surface area contributed by atoms with Gasteiger partial charge in [-0.1, -0.05) is 65.2 Å². The summed E-state index contributed by atoms with van der Waals surface area (Å²) in [5.74, 6) is -0.0994. The molecule has 0 N–H and O–H groups in total. The molecular formula is C11H11Cl3O2S. The van der Waals surface area contributed by atoms with Crippen molar-refractivity contribution in [1.82, 2.24) is 0 Å². The van der Waals surface area contributed by atoms with E-state index >= 15 is 0 Å². The van der Waals surface area contributed by atoms with Gasteiger partial charge in [-0.15, -0.1) is 0 Å². The van der Waals surface area contributed by atoms with E-state index in [9.17, 15) is 8.42 Å². The second-order valence-electron chi connectivity index (χ2n) is 3.39. The van der Waals surface area contributed by atoms with E-state index in [1.54, 1.807) is 36.4 Å². The van der Waals surface area contributed by atoms with Crippen molar-refractivity contribution in [1.29, 1.82) is 0 Å². The Morgan fingerprint density at radius 2 is 1.65 bits per heavy atom. The van der Waals surface area contributed by atoms with Gasteiger partial charge in [0.05, 0.1) is 10.6 Å². The molecule has 0 heterocycles. The molecule has 6 heteroatoms. The Labute approximate surface area is 116 Å². The summed E-state index contributed by atoms with van der Waals surface area (Å²) in [6.07, 6.45) is 3.22. The van der Waals surface area contributed by atoms with Crippen LogP contribution in [0, 0.1) is 0 Å². The van der Waals surface area contributed by atoms with Crippen LogP contribution in [0.3, 0.4) is 0 Å². The van der Waals surface area contributed by atoms with Gasteiger partial charge in [-0.25, -0.2) is 8.42 Å². The fourth-order valence-corrected chi connectivity index (χ4v) is 2.56. The lowest BCUT2D eigenvalue weighted by Crippen LogP contribution is -2.05. The zero-order valence-corrected chi connectivity index (χ0v) is 11.9. The largest absolute Gasteiger partial charge is 0.223 e. The quantitative estimate of drug-likeness (QED) is 0.626. The smallest absolute Gasteiger partial charge is 0.194 e. The Morgan fingerprint density at radius 1 is 1.06 bits per heavy atom. The fraction of sp³-hybridized carbons (Fsp3) is 0.273. The third-order valence-corrected chi connectivity index (χ3v) is 4.02. The molecule has 0 atom stereocenters. The molecule has 2 nitrogen and oxygen atoms in total. The normalized spacial score (nSPS) is 13.1. The Morgan fingerprint density at radius 3 is 2.18 bits per heavy atom. The van der Waals surface area contributed by atoms with Crippen LogP contribution >= 0.6 is 34.8 Å². The number of benzene rings is 1. The average molecular weight is 314 g/mol. The van der Waals surface area contributed by atoms with Crippen molar-refractivity contribution in [2.24, 2.45) is 0 Å². The summed E-state index contributed by atoms with van der Waals surface area (Å²) in [5.41, 5.74) is 0. The van der Waals surface area contributed by atoms with Crippen molar-refractivity contribution in [3.8, 4) is 0 Å². The van der Waals surface area contributed by atoms with Gasteiger partial charge >= 0.3 is 0 Å². The third-order valence-electron chi connectivity index (χ3n) is 1.93. The first kappa shape index (κ1) is 14.8. The molecule has 0 aliphatic carbocycles. The van der Waals surface area contributed by atoms with Crippen molar-refractivity contribution >= 4 is 44.6 Å². The van der Waals surface area contributed by atoms with E-state index in [4.69, 9.17) is 34.8 Å². The van der Waals surface area contributed by atoms with E-state index in [1.807, 2.05) is 0 Å². The minimum atomic E-state index is -3.29. The summed E-state index contributed by atoms with van der Waals surface area (Å²) in [5, 5.41) is 0. The highest BCUT2D eigenvalue weighted by atomic mass is 35.6. The zero-order valence-electron chi connectivity index (χ0n) is 8.81. The van der Waals surface area contributed by atoms with Gasteiger partial charge in [-0.05, 0) is 12.1 Å². The number of rotatable bonds is 4. The lowest BCUT2D eigenvalue weighted by molar-refractivity contribution is 0.599. The van der Waals surface area contributed by atoms with Crippen molar-refractivity contribution in [3.63, 3.8) is 0 Å². The predicted octanol–water partition coefficient (Wildman–Crippen LogP) is 3.78. The van der Waals surface area contributed by atoms with E-state index in [1.165, 1.54) is 6.08 Å². The Kier molecular flexibility index (Phi) is 5.32. The highest BCUT2D eigenvalue weighted by Crippen LogP contribution is 2.30. The topological polar surface area (TPSA) is 34.1 Å². The number of hydrogen-bond acceptors (Lipinski definition) is 2. The molecule has 0 saturated heterocycles. The van der Waals surface area contributed by atoms with Crippen molar-refractivity contribution < 1.29 is 8.42 Å². The van der Waals surface area contributed by atoms with Crippen molar-refractivity contribution in [2.75, 3.05) is 5.75 Å². The first-order valence-corrected chi connectivity index (χ1v) is 7.59. The van der Waals surface area contributed by atoms with Gasteiger partial charge in [-0.3, -0.25) is 0 Å². The first-order chi connectivity index (χ1) is 7.81. The van der Waals surface area contributed by atoms with Gasteiger partial charge in [0.2, 0.25) is 0 Å². The van der Waals surface area contributed by atoms with Gasteiger partial charge in [-0.2, -0.15) is 0 Å². The van der Waals surface area contributed by atoms with Crippen LogP contribution < -0.4 is 0 Å². The van der Waals surface area contributed by atoms with Gasteiger partial charge in [0, 0.05) is 6.42 Å². The molecule has 0 saturated carbocycles. The maximum Gasteiger partial charge on any atom is 0.194 e. The molecule has 94 valence electrons. The summed E-state index contributed by atoms with van der Waals surface area (Å²) < 4.78 is 22.2. The molecular weight excluding hydrogens is 303 g/mol. The van der Waals surface area contributed by atoms with E-state index in [0.717, 1.165) is 0 Å². The molecule has 0 spiro atoms. The van der Waals surface area contributed by atoms with Crippen LogP contribution in [-0.4, -0.2) is 18.0 Å². The summed E-state index contributed by atoms with van der Waals surface area (Å²) in [7, 11) is -3.29. The molecule has 0 radical (unpaired) electrons. The zero-order chi connectivity index (χ0) is 12.9. The molecule has 1 rings (SSSR count). The molecule has 0 aliphatic heterocycles. The van der Waals surface area contributed by atoms with Crippen LogP contribution in [0.15, 0.2) is 47.4 Å². The van der Waals surface area contributed by atoms with E-state index in [0.29, 0.717) is 4.90 Å². The minimum absolute atomic E-state index is 0.0994. The van der Waals surface area contributed by atoms with Crippen LogP contribution in [0.4, 0.5) is 0 Å². The Hall–Kier alpha value is -0.220. The highest BCUT2D eigenvalue weighted by molar-refractivity contribution is 7.91. The number of sulfone groups is 1. The number of allylic oxidation sites excluding steroid dienone is 1. The van der Waals surface area contributed by atoms with Crippen LogP contribution in [0.5, 0.6) is 0 Å². The second-order valence-corrected chi connectivity index (χ2v) is 7.94. The fourth-order valence-electron chi connectivity index (χ4n) is 1.14. The molecule has 0 fully saturated rings. The van der Waals surface area contributed by atoms with Crippen molar-refractivity contribution in [2.45, 2.75) is 15.1 Å². The summed E-state index contributed by atoms with van der Waals surface area (Å²) in [6.45, 7) is 0. The SMILES string of the molecule is O=S(=O)(CC=CCC(Cl)(Cl)Cl)c1ccccc1. The minimum Gasteiger partial charge on any atom is -0.223 e. The molecule has 17 heavy (non-hydrogen) atoms. The van der Waals surface area contributed by atoms with E-state index < -0.39 is 13.6 Å². The number of hydrogen-bond donors (Lipinski definition) is 0. The molecule has 0 aliphatic rings. The second kappa shape index (κ2) is 6.10. The highest BCUT2D eigenvalue weighted by Gasteiger charge is 2.17. The monoisotopic (exact) mass is 312 g/mol. The average Bonchev–Trinajstić information content (AvgIpc) is 2.25. The number of halogens is 3. The van der Waals surface area contributed by atoms with Crippen LogP contribution in [-0.2, 0) is 9.84 Å². The van der Waals surface area contributed by atoms with Crippen LogP contribution in [0.25, 0.3) is 0 Å². The van der Waals surface area contributed by atoms with Gasteiger partial charge < -0.3 is 0 Å². The summed E-state index contributed by atoms with van der Waals surface area (Å²) in [6, 6.07) is 8.23. The van der Waals surface area contributed by atoms with Crippen LogP contribution in [0.2, 0.25) is 0 Å².